The van der Waals surface area contributed by atoms with E-state index in [9.17, 15) is 9.59 Å². The van der Waals surface area contributed by atoms with E-state index in [4.69, 9.17) is 4.74 Å². The number of carbonyl (C=O) groups excluding carboxylic acids is 2. The van der Waals surface area contributed by atoms with Crippen LogP contribution in [0.2, 0.25) is 0 Å². The summed E-state index contributed by atoms with van der Waals surface area (Å²) in [6.07, 6.45) is 9.68. The Morgan fingerprint density at radius 3 is 2.57 bits per heavy atom. The number of imide groups is 1. The molecule has 1 saturated heterocycles. The topological polar surface area (TPSA) is 111 Å². The molecular formula is C20H30N6O3S. The van der Waals surface area contributed by atoms with E-state index in [1.54, 1.807) is 4.68 Å². The Morgan fingerprint density at radius 1 is 1.17 bits per heavy atom. The number of ether oxygens (including phenoxy) is 1. The van der Waals surface area contributed by atoms with Gasteiger partial charge in [-0.3, -0.25) is 10.1 Å². The number of urea groups is 1. The molecule has 1 unspecified atom stereocenters. The summed E-state index contributed by atoms with van der Waals surface area (Å²) in [5, 5.41) is 18.2. The van der Waals surface area contributed by atoms with Crippen LogP contribution in [-0.2, 0) is 16.1 Å². The summed E-state index contributed by atoms with van der Waals surface area (Å²) in [5.74, 6) is 2.52. The quantitative estimate of drug-likeness (QED) is 0.632. The predicted octanol–water partition coefficient (Wildman–Crippen LogP) is 2.13. The first-order valence-corrected chi connectivity index (χ1v) is 12.2. The zero-order chi connectivity index (χ0) is 20.6. The van der Waals surface area contributed by atoms with Gasteiger partial charge in [-0.25, -0.2) is 9.48 Å². The van der Waals surface area contributed by atoms with Gasteiger partial charge in [0, 0.05) is 24.3 Å². The molecule has 9 nitrogen and oxygen atoms in total. The summed E-state index contributed by atoms with van der Waals surface area (Å²) < 4.78 is 7.37. The standard InChI is InChI=1S/C20H30N6O3S/c27-17(3-5-30-19-23-24-25-26(19)12-16-2-1-4-29-16)21-18(28)22-20-9-13-6-14(10-20)8-15(7-13)11-20/h13-16H,1-12H2,(H2,21,22,27,28). The number of hydrogen-bond acceptors (Lipinski definition) is 7. The smallest absolute Gasteiger partial charge is 0.321 e. The number of hydrogen-bond donors (Lipinski definition) is 2. The lowest BCUT2D eigenvalue weighted by molar-refractivity contribution is -0.119. The van der Waals surface area contributed by atoms with E-state index in [1.807, 2.05) is 0 Å². The highest BCUT2D eigenvalue weighted by molar-refractivity contribution is 7.99. The maximum Gasteiger partial charge on any atom is 0.321 e. The minimum absolute atomic E-state index is 0.0851. The van der Waals surface area contributed by atoms with Crippen molar-refractivity contribution < 1.29 is 14.3 Å². The van der Waals surface area contributed by atoms with Crippen molar-refractivity contribution in [3.63, 3.8) is 0 Å². The number of nitrogens with one attached hydrogen (secondary N) is 2. The molecule has 4 bridgehead atoms. The van der Waals surface area contributed by atoms with Crippen molar-refractivity contribution in [2.45, 2.75) is 81.1 Å². The van der Waals surface area contributed by atoms with Crippen molar-refractivity contribution in [3.8, 4) is 0 Å². The first-order valence-electron chi connectivity index (χ1n) is 11.2. The second kappa shape index (κ2) is 8.45. The first-order chi connectivity index (χ1) is 14.6. The Bertz CT molecular complexity index is 758. The van der Waals surface area contributed by atoms with Crippen LogP contribution in [0.4, 0.5) is 4.79 Å². The van der Waals surface area contributed by atoms with Crippen LogP contribution in [0.1, 0.15) is 57.8 Å². The molecule has 4 saturated carbocycles. The molecule has 30 heavy (non-hydrogen) atoms. The first kappa shape index (κ1) is 20.2. The van der Waals surface area contributed by atoms with Crippen LogP contribution in [0.3, 0.4) is 0 Å². The zero-order valence-electron chi connectivity index (χ0n) is 17.2. The minimum Gasteiger partial charge on any atom is -0.376 e. The van der Waals surface area contributed by atoms with Crippen LogP contribution < -0.4 is 10.6 Å². The molecule has 1 aromatic rings. The molecule has 0 radical (unpaired) electrons. The second-order valence-corrected chi connectivity index (χ2v) is 10.6. The molecule has 10 heteroatoms. The Kier molecular flexibility index (Phi) is 5.70. The molecule has 4 aliphatic carbocycles. The number of tetrazole rings is 1. The van der Waals surface area contributed by atoms with Crippen LogP contribution in [0.15, 0.2) is 5.16 Å². The third-order valence-corrected chi connectivity index (χ3v) is 8.09. The van der Waals surface area contributed by atoms with Crippen LogP contribution >= 0.6 is 11.8 Å². The maximum atomic E-state index is 12.5. The zero-order valence-corrected chi connectivity index (χ0v) is 18.0. The normalized spacial score (nSPS) is 34.3. The van der Waals surface area contributed by atoms with Crippen molar-refractivity contribution in [1.82, 2.24) is 30.8 Å². The van der Waals surface area contributed by atoms with E-state index >= 15 is 0 Å². The molecule has 1 aromatic heterocycles. The van der Waals surface area contributed by atoms with Crippen LogP contribution in [-0.4, -0.2) is 56.1 Å². The fraction of sp³-hybridized carbons (Fsp3) is 0.850. The van der Waals surface area contributed by atoms with Crippen molar-refractivity contribution in [1.29, 1.82) is 0 Å². The average Bonchev–Trinajstić information content (AvgIpc) is 3.32. The highest BCUT2D eigenvalue weighted by Crippen LogP contribution is 2.55. The molecular weight excluding hydrogens is 404 g/mol. The van der Waals surface area contributed by atoms with Gasteiger partial charge >= 0.3 is 6.03 Å². The summed E-state index contributed by atoms with van der Waals surface area (Å²) in [6.45, 7) is 1.43. The number of thioether (sulfide) groups is 1. The van der Waals surface area contributed by atoms with Gasteiger partial charge in [0.05, 0.1) is 12.6 Å². The average molecular weight is 435 g/mol. The van der Waals surface area contributed by atoms with E-state index in [-0.39, 0.29) is 30.0 Å². The highest BCUT2D eigenvalue weighted by Gasteiger charge is 2.51. The maximum absolute atomic E-state index is 12.5. The lowest BCUT2D eigenvalue weighted by Gasteiger charge is -2.56. The van der Waals surface area contributed by atoms with Crippen molar-refractivity contribution in [2.24, 2.45) is 17.8 Å². The Balaban J connectivity index is 1.06. The number of nitrogens with zero attached hydrogens (tertiary/aromatic N) is 4. The predicted molar refractivity (Wildman–Crippen MR) is 110 cm³/mol. The third-order valence-electron chi connectivity index (χ3n) is 7.13. The minimum atomic E-state index is -0.338. The van der Waals surface area contributed by atoms with E-state index in [0.717, 1.165) is 56.5 Å². The number of carbonyl (C=O) groups is 2. The van der Waals surface area contributed by atoms with Gasteiger partial charge in [0.2, 0.25) is 11.1 Å². The molecule has 2 heterocycles. The van der Waals surface area contributed by atoms with Crippen LogP contribution in [0.5, 0.6) is 0 Å². The lowest BCUT2D eigenvalue weighted by Crippen LogP contribution is -2.61. The van der Waals surface area contributed by atoms with Gasteiger partial charge < -0.3 is 10.1 Å². The Labute approximate surface area is 180 Å². The molecule has 1 atom stereocenters. The summed E-state index contributed by atoms with van der Waals surface area (Å²) in [7, 11) is 0. The third kappa shape index (κ3) is 4.49. The van der Waals surface area contributed by atoms with Gasteiger partial charge in [0.15, 0.2) is 0 Å². The molecule has 0 aromatic carbocycles. The fourth-order valence-electron chi connectivity index (χ4n) is 6.36. The second-order valence-electron chi connectivity index (χ2n) is 9.58. The lowest BCUT2D eigenvalue weighted by atomic mass is 9.53. The molecule has 3 amide bonds. The summed E-state index contributed by atoms with van der Waals surface area (Å²) >= 11 is 1.43. The van der Waals surface area contributed by atoms with E-state index in [0.29, 0.717) is 17.5 Å². The monoisotopic (exact) mass is 434 g/mol. The van der Waals surface area contributed by atoms with Crippen molar-refractivity contribution in [2.75, 3.05) is 12.4 Å². The van der Waals surface area contributed by atoms with E-state index in [1.165, 1.54) is 31.0 Å². The molecule has 5 fully saturated rings. The number of aromatic nitrogens is 4. The molecule has 0 spiro atoms. The van der Waals surface area contributed by atoms with E-state index in [2.05, 4.69) is 26.2 Å². The van der Waals surface area contributed by atoms with Gasteiger partial charge in [-0.2, -0.15) is 0 Å². The largest absolute Gasteiger partial charge is 0.376 e. The van der Waals surface area contributed by atoms with Crippen molar-refractivity contribution in [3.05, 3.63) is 0 Å². The Morgan fingerprint density at radius 2 is 1.90 bits per heavy atom. The molecule has 6 rings (SSSR count). The number of amides is 3. The van der Waals surface area contributed by atoms with Crippen molar-refractivity contribution >= 4 is 23.7 Å². The van der Waals surface area contributed by atoms with Gasteiger partial charge in [-0.1, -0.05) is 11.8 Å². The summed E-state index contributed by atoms with van der Waals surface area (Å²) in [4.78, 5) is 24.7. The summed E-state index contributed by atoms with van der Waals surface area (Å²) in [5.41, 5.74) is -0.0851. The van der Waals surface area contributed by atoms with Crippen LogP contribution in [0, 0.1) is 17.8 Å². The molecule has 1 aliphatic heterocycles. The van der Waals surface area contributed by atoms with Gasteiger partial charge in [0.25, 0.3) is 0 Å². The molecule has 5 aliphatic rings. The fourth-order valence-corrected chi connectivity index (χ4v) is 7.18. The van der Waals surface area contributed by atoms with Gasteiger partial charge in [0.1, 0.15) is 0 Å². The SMILES string of the molecule is O=C(CCSc1nnnn1CC1CCCO1)NC(=O)NC12CC3CC(CC(C3)C1)C2. The highest BCUT2D eigenvalue weighted by atomic mass is 32.2. The Hall–Kier alpha value is -1.68. The molecule has 164 valence electrons. The molecule has 2 N–H and O–H groups in total. The van der Waals surface area contributed by atoms with E-state index < -0.39 is 0 Å². The van der Waals surface area contributed by atoms with Crippen LogP contribution in [0.25, 0.3) is 0 Å². The number of rotatable bonds is 7. The summed E-state index contributed by atoms with van der Waals surface area (Å²) in [6, 6.07) is -0.338. The van der Waals surface area contributed by atoms with Gasteiger partial charge in [-0.05, 0) is 79.5 Å². The van der Waals surface area contributed by atoms with Gasteiger partial charge in [-0.15, -0.1) is 5.10 Å².